The molecule has 7 heteroatoms. The number of nitrogens with zero attached hydrogens (tertiary/aromatic N) is 3. The van der Waals surface area contributed by atoms with Crippen LogP contribution in [0.15, 0.2) is 60.9 Å². The normalized spacial score (nSPS) is 28.1. The molecule has 7 nitrogen and oxygen atoms in total. The summed E-state index contributed by atoms with van der Waals surface area (Å²) in [7, 11) is 3.39. The predicted molar refractivity (Wildman–Crippen MR) is 113 cm³/mol. The van der Waals surface area contributed by atoms with E-state index >= 15 is 0 Å². The zero-order valence-corrected chi connectivity index (χ0v) is 17.6. The quantitative estimate of drug-likeness (QED) is 0.670. The molecule has 2 bridgehead atoms. The molecule has 0 N–H and O–H groups in total. The Morgan fingerprint density at radius 2 is 2.16 bits per heavy atom. The first-order chi connectivity index (χ1) is 15.0. The van der Waals surface area contributed by atoms with Gasteiger partial charge < -0.3 is 19.3 Å². The smallest absolute Gasteiger partial charge is 0.230 e. The zero-order valence-electron chi connectivity index (χ0n) is 17.6. The molecule has 0 aliphatic carbocycles. The van der Waals surface area contributed by atoms with E-state index < -0.39 is 17.4 Å². The molecule has 2 amide bonds. The lowest BCUT2D eigenvalue weighted by Crippen LogP contribution is -2.44. The number of hydrogen-bond donors (Lipinski definition) is 0. The van der Waals surface area contributed by atoms with Crippen LogP contribution in [0.3, 0.4) is 0 Å². The van der Waals surface area contributed by atoms with E-state index in [1.54, 1.807) is 36.4 Å². The number of likely N-dealkylation sites (tertiary alicyclic amines) is 1. The fourth-order valence-electron chi connectivity index (χ4n) is 5.08. The van der Waals surface area contributed by atoms with Crippen molar-refractivity contribution in [3.8, 4) is 5.75 Å². The van der Waals surface area contributed by atoms with Crippen LogP contribution in [0.2, 0.25) is 0 Å². The van der Waals surface area contributed by atoms with Gasteiger partial charge in [-0.15, -0.1) is 0 Å². The summed E-state index contributed by atoms with van der Waals surface area (Å²) in [6.07, 6.45) is 7.03. The second-order valence-electron chi connectivity index (χ2n) is 8.50. The number of benzene rings is 1. The number of fused-ring (bicyclic) bond motifs is 1. The van der Waals surface area contributed by atoms with Gasteiger partial charge in [0, 0.05) is 32.5 Å². The number of carbonyl (C=O) groups excluding carboxylic acids is 2. The lowest BCUT2D eigenvalue weighted by atomic mass is 9.76. The van der Waals surface area contributed by atoms with E-state index in [2.05, 4.69) is 4.98 Å². The van der Waals surface area contributed by atoms with Crippen LogP contribution in [0, 0.1) is 11.8 Å². The summed E-state index contributed by atoms with van der Waals surface area (Å²) in [5.41, 5.74) is 1.22. The molecule has 2 aromatic rings. The molecular weight excluding hydrogens is 394 g/mol. The maximum atomic E-state index is 13.4. The highest BCUT2D eigenvalue weighted by atomic mass is 16.5. The highest BCUT2D eigenvalue weighted by molar-refractivity contribution is 5.93. The molecule has 31 heavy (non-hydrogen) atoms. The van der Waals surface area contributed by atoms with Crippen molar-refractivity contribution in [3.05, 3.63) is 72.1 Å². The first-order valence-electron chi connectivity index (χ1n) is 10.4. The van der Waals surface area contributed by atoms with Crippen LogP contribution in [0.4, 0.5) is 0 Å². The first-order valence-corrected chi connectivity index (χ1v) is 10.4. The second-order valence-corrected chi connectivity index (χ2v) is 8.50. The molecule has 2 saturated heterocycles. The SMILES string of the molecule is COc1cccc(CN2C[C@]34C=C[C@H](O3)[C@@H](C(=O)N(C)Cc3cccnc3)[C@H]4C2=O)c1. The maximum absolute atomic E-state index is 13.4. The van der Waals surface area contributed by atoms with Gasteiger partial charge in [0.15, 0.2) is 0 Å². The topological polar surface area (TPSA) is 72.0 Å². The van der Waals surface area contributed by atoms with Gasteiger partial charge in [-0.05, 0) is 29.3 Å². The fraction of sp³-hybridized carbons (Fsp3) is 0.375. The van der Waals surface area contributed by atoms with Crippen LogP contribution in [-0.4, -0.2) is 59.0 Å². The van der Waals surface area contributed by atoms with Gasteiger partial charge in [-0.1, -0.05) is 30.4 Å². The Morgan fingerprint density at radius 1 is 1.32 bits per heavy atom. The van der Waals surface area contributed by atoms with E-state index in [0.29, 0.717) is 19.6 Å². The predicted octanol–water partition coefficient (Wildman–Crippen LogP) is 2.03. The molecule has 4 heterocycles. The third-order valence-electron chi connectivity index (χ3n) is 6.49. The van der Waals surface area contributed by atoms with Crippen molar-refractivity contribution in [3.63, 3.8) is 0 Å². The van der Waals surface area contributed by atoms with Crippen LogP contribution < -0.4 is 4.74 Å². The minimum atomic E-state index is -0.712. The van der Waals surface area contributed by atoms with Crippen molar-refractivity contribution >= 4 is 11.8 Å². The number of rotatable bonds is 6. The van der Waals surface area contributed by atoms with Crippen molar-refractivity contribution in [2.75, 3.05) is 20.7 Å². The van der Waals surface area contributed by atoms with Crippen LogP contribution in [0.25, 0.3) is 0 Å². The van der Waals surface area contributed by atoms with Gasteiger partial charge in [-0.2, -0.15) is 0 Å². The van der Waals surface area contributed by atoms with Gasteiger partial charge in [0.2, 0.25) is 11.8 Å². The van der Waals surface area contributed by atoms with E-state index in [-0.39, 0.29) is 17.9 Å². The van der Waals surface area contributed by atoms with E-state index in [1.165, 1.54) is 0 Å². The number of hydrogen-bond acceptors (Lipinski definition) is 5. The molecule has 4 atom stereocenters. The van der Waals surface area contributed by atoms with Crippen molar-refractivity contribution in [2.45, 2.75) is 24.8 Å². The molecule has 3 aliphatic rings. The number of amides is 2. The van der Waals surface area contributed by atoms with E-state index in [9.17, 15) is 9.59 Å². The molecule has 1 spiro atoms. The number of ether oxygens (including phenoxy) is 2. The number of methoxy groups -OCH3 is 1. The molecular formula is C24H25N3O4. The Kier molecular flexibility index (Phi) is 4.78. The average Bonchev–Trinajstić information content (AvgIpc) is 3.42. The van der Waals surface area contributed by atoms with E-state index in [1.807, 2.05) is 48.6 Å². The fourth-order valence-corrected chi connectivity index (χ4v) is 5.08. The number of carbonyl (C=O) groups is 2. The van der Waals surface area contributed by atoms with Gasteiger partial charge in [0.05, 0.1) is 31.6 Å². The summed E-state index contributed by atoms with van der Waals surface area (Å²) in [6, 6.07) is 11.5. The maximum Gasteiger partial charge on any atom is 0.230 e. The van der Waals surface area contributed by atoms with Crippen molar-refractivity contribution in [1.29, 1.82) is 0 Å². The Labute approximate surface area is 181 Å². The monoisotopic (exact) mass is 419 g/mol. The average molecular weight is 419 g/mol. The summed E-state index contributed by atoms with van der Waals surface area (Å²) in [4.78, 5) is 34.4. The third-order valence-corrected chi connectivity index (χ3v) is 6.49. The number of aromatic nitrogens is 1. The van der Waals surface area contributed by atoms with Crippen LogP contribution in [-0.2, 0) is 27.4 Å². The molecule has 0 unspecified atom stereocenters. The lowest BCUT2D eigenvalue weighted by molar-refractivity contribution is -0.142. The van der Waals surface area contributed by atoms with Crippen LogP contribution in [0.1, 0.15) is 11.1 Å². The second kappa shape index (κ2) is 7.50. The summed E-state index contributed by atoms with van der Waals surface area (Å²) in [5.74, 6) is -0.333. The van der Waals surface area contributed by atoms with Crippen molar-refractivity contribution in [2.24, 2.45) is 11.8 Å². The summed E-state index contributed by atoms with van der Waals surface area (Å²) >= 11 is 0. The highest BCUT2D eigenvalue weighted by Gasteiger charge is 2.67. The van der Waals surface area contributed by atoms with Gasteiger partial charge in [-0.3, -0.25) is 14.6 Å². The molecule has 1 aromatic carbocycles. The van der Waals surface area contributed by atoms with Crippen molar-refractivity contribution < 1.29 is 19.1 Å². The Morgan fingerprint density at radius 3 is 2.94 bits per heavy atom. The van der Waals surface area contributed by atoms with Gasteiger partial charge in [0.1, 0.15) is 11.4 Å². The Bertz CT molecular complexity index is 1040. The van der Waals surface area contributed by atoms with Gasteiger partial charge in [0.25, 0.3) is 0 Å². The largest absolute Gasteiger partial charge is 0.497 e. The Balaban J connectivity index is 1.35. The molecule has 2 fully saturated rings. The molecule has 160 valence electrons. The molecule has 0 radical (unpaired) electrons. The number of pyridine rings is 1. The molecule has 1 aromatic heterocycles. The Hall–Kier alpha value is -3.19. The minimum Gasteiger partial charge on any atom is -0.497 e. The highest BCUT2D eigenvalue weighted by Crippen LogP contribution is 2.52. The van der Waals surface area contributed by atoms with Crippen LogP contribution in [0.5, 0.6) is 5.75 Å². The van der Waals surface area contributed by atoms with E-state index in [0.717, 1.165) is 16.9 Å². The zero-order chi connectivity index (χ0) is 21.6. The van der Waals surface area contributed by atoms with E-state index in [4.69, 9.17) is 9.47 Å². The summed E-state index contributed by atoms with van der Waals surface area (Å²) in [5, 5.41) is 0. The standard InChI is InChI=1S/C24H25N3O4/c1-26(13-17-6-4-10-25-12-17)22(28)20-19-8-9-24(31-19)15-27(23(29)21(20)24)14-16-5-3-7-18(11-16)30-2/h3-12,19-21H,13-15H2,1-2H3/t19-,20+,21-,24-/m0/s1. The van der Waals surface area contributed by atoms with Gasteiger partial charge in [-0.25, -0.2) is 0 Å². The van der Waals surface area contributed by atoms with Gasteiger partial charge >= 0.3 is 0 Å². The minimum absolute atomic E-state index is 0.0252. The molecule has 5 rings (SSSR count). The summed E-state index contributed by atoms with van der Waals surface area (Å²) in [6.45, 7) is 1.36. The lowest BCUT2D eigenvalue weighted by Gasteiger charge is -2.27. The molecule has 0 saturated carbocycles. The third kappa shape index (κ3) is 3.29. The summed E-state index contributed by atoms with van der Waals surface area (Å²) < 4.78 is 11.5. The first kappa shape index (κ1) is 19.8. The van der Waals surface area contributed by atoms with Crippen molar-refractivity contribution in [1.82, 2.24) is 14.8 Å². The van der Waals surface area contributed by atoms with Crippen LogP contribution >= 0.6 is 0 Å². The molecule has 3 aliphatic heterocycles.